The number of amides is 2. The highest BCUT2D eigenvalue weighted by Crippen LogP contribution is 2.28. The van der Waals surface area contributed by atoms with Crippen molar-refractivity contribution in [1.82, 2.24) is 5.32 Å². The molecule has 25 heavy (non-hydrogen) atoms. The first-order valence-electron chi connectivity index (χ1n) is 7.66. The molecular formula is C18H21ClN2O4. The summed E-state index contributed by atoms with van der Waals surface area (Å²) >= 11 is 5.95. The average molecular weight is 365 g/mol. The lowest BCUT2D eigenvalue weighted by Crippen LogP contribution is -2.30. The van der Waals surface area contributed by atoms with Crippen molar-refractivity contribution < 1.29 is 19.0 Å². The van der Waals surface area contributed by atoms with Gasteiger partial charge in [0.2, 0.25) is 0 Å². The van der Waals surface area contributed by atoms with Gasteiger partial charge in [0.05, 0.1) is 27.0 Å². The largest absolute Gasteiger partial charge is 0.495 e. The van der Waals surface area contributed by atoms with Crippen molar-refractivity contribution in [2.24, 2.45) is 0 Å². The van der Waals surface area contributed by atoms with Crippen molar-refractivity contribution in [3.8, 4) is 17.2 Å². The van der Waals surface area contributed by atoms with Gasteiger partial charge in [0.25, 0.3) is 0 Å². The molecule has 2 amide bonds. The van der Waals surface area contributed by atoms with Crippen LogP contribution in [-0.4, -0.2) is 33.9 Å². The van der Waals surface area contributed by atoms with E-state index in [1.54, 1.807) is 32.4 Å². The third-order valence-corrected chi connectivity index (χ3v) is 3.79. The third-order valence-electron chi connectivity index (χ3n) is 3.56. The predicted octanol–water partition coefficient (Wildman–Crippen LogP) is 3.73. The van der Waals surface area contributed by atoms with E-state index < -0.39 is 0 Å². The smallest absolute Gasteiger partial charge is 0.319 e. The van der Waals surface area contributed by atoms with E-state index in [1.165, 1.54) is 7.11 Å². The second kappa shape index (κ2) is 9.03. The van der Waals surface area contributed by atoms with Gasteiger partial charge in [0.15, 0.2) is 11.5 Å². The molecule has 0 radical (unpaired) electrons. The van der Waals surface area contributed by atoms with Gasteiger partial charge < -0.3 is 24.8 Å². The van der Waals surface area contributed by atoms with Crippen molar-refractivity contribution in [2.45, 2.75) is 6.42 Å². The van der Waals surface area contributed by atoms with Crippen LogP contribution in [0.3, 0.4) is 0 Å². The highest BCUT2D eigenvalue weighted by molar-refractivity contribution is 6.31. The zero-order valence-corrected chi connectivity index (χ0v) is 15.1. The summed E-state index contributed by atoms with van der Waals surface area (Å²) in [6, 6.07) is 10.3. The lowest BCUT2D eigenvalue weighted by Gasteiger charge is -2.12. The SMILES string of the molecule is COc1ccc(Cl)cc1NC(=O)NCCc1ccc(OC)c(OC)c1. The highest BCUT2D eigenvalue weighted by Gasteiger charge is 2.09. The minimum atomic E-state index is -0.332. The molecule has 2 N–H and O–H groups in total. The molecule has 0 aliphatic rings. The van der Waals surface area contributed by atoms with Crippen molar-refractivity contribution in [2.75, 3.05) is 33.2 Å². The Morgan fingerprint density at radius 3 is 2.32 bits per heavy atom. The topological polar surface area (TPSA) is 68.8 Å². The molecule has 2 aromatic carbocycles. The van der Waals surface area contributed by atoms with E-state index >= 15 is 0 Å². The highest BCUT2D eigenvalue weighted by atomic mass is 35.5. The molecule has 0 aliphatic carbocycles. The summed E-state index contributed by atoms with van der Waals surface area (Å²) in [7, 11) is 4.71. The number of rotatable bonds is 7. The Morgan fingerprint density at radius 1 is 0.960 bits per heavy atom. The number of ether oxygens (including phenoxy) is 3. The molecule has 0 fully saturated rings. The molecule has 7 heteroatoms. The summed E-state index contributed by atoms with van der Waals surface area (Å²) in [4.78, 5) is 12.0. The van der Waals surface area contributed by atoms with E-state index in [4.69, 9.17) is 25.8 Å². The Kier molecular flexibility index (Phi) is 6.77. The molecule has 134 valence electrons. The van der Waals surface area contributed by atoms with Crippen molar-refractivity contribution in [3.05, 3.63) is 47.0 Å². The van der Waals surface area contributed by atoms with E-state index in [2.05, 4.69) is 10.6 Å². The Bertz CT molecular complexity index is 737. The summed E-state index contributed by atoms with van der Waals surface area (Å²) in [6.45, 7) is 0.462. The van der Waals surface area contributed by atoms with E-state index in [0.29, 0.717) is 40.9 Å². The molecule has 0 bridgehead atoms. The van der Waals surface area contributed by atoms with Crippen LogP contribution < -0.4 is 24.8 Å². The van der Waals surface area contributed by atoms with Crippen LogP contribution in [0.4, 0.5) is 10.5 Å². The maximum Gasteiger partial charge on any atom is 0.319 e. The fourth-order valence-corrected chi connectivity index (χ4v) is 2.47. The van der Waals surface area contributed by atoms with Crippen LogP contribution >= 0.6 is 11.6 Å². The number of hydrogen-bond acceptors (Lipinski definition) is 4. The first-order chi connectivity index (χ1) is 12.1. The van der Waals surface area contributed by atoms with Crippen LogP contribution in [0.25, 0.3) is 0 Å². The zero-order valence-electron chi connectivity index (χ0n) is 14.4. The maximum atomic E-state index is 12.0. The van der Waals surface area contributed by atoms with Gasteiger partial charge in [0.1, 0.15) is 5.75 Å². The molecule has 0 saturated carbocycles. The Hall–Kier alpha value is -2.60. The quantitative estimate of drug-likeness (QED) is 0.785. The monoisotopic (exact) mass is 364 g/mol. The molecule has 2 rings (SSSR count). The molecule has 0 aliphatic heterocycles. The number of nitrogens with one attached hydrogen (secondary N) is 2. The number of carbonyl (C=O) groups excluding carboxylic acids is 1. The predicted molar refractivity (Wildman–Crippen MR) is 98.3 cm³/mol. The molecule has 0 heterocycles. The number of benzene rings is 2. The number of urea groups is 1. The second-order valence-corrected chi connectivity index (χ2v) is 5.60. The van der Waals surface area contributed by atoms with Gasteiger partial charge in [-0.05, 0) is 42.3 Å². The van der Waals surface area contributed by atoms with E-state index in [9.17, 15) is 4.79 Å². The number of hydrogen-bond donors (Lipinski definition) is 2. The lowest BCUT2D eigenvalue weighted by molar-refractivity contribution is 0.252. The average Bonchev–Trinajstić information content (AvgIpc) is 2.61. The minimum absolute atomic E-state index is 0.332. The van der Waals surface area contributed by atoms with Crippen LogP contribution in [0.15, 0.2) is 36.4 Å². The third kappa shape index (κ3) is 5.19. The summed E-state index contributed by atoms with van der Waals surface area (Å²) in [5.74, 6) is 1.87. The van der Waals surface area contributed by atoms with Crippen LogP contribution in [0, 0.1) is 0 Å². The Morgan fingerprint density at radius 2 is 1.64 bits per heavy atom. The molecule has 0 spiro atoms. The van der Waals surface area contributed by atoms with Crippen LogP contribution in [0.1, 0.15) is 5.56 Å². The second-order valence-electron chi connectivity index (χ2n) is 5.16. The van der Waals surface area contributed by atoms with E-state index in [-0.39, 0.29) is 6.03 Å². The summed E-state index contributed by atoms with van der Waals surface area (Å²) in [6.07, 6.45) is 0.653. The molecule has 0 saturated heterocycles. The van der Waals surface area contributed by atoms with Gasteiger partial charge in [-0.25, -0.2) is 4.79 Å². The number of anilines is 1. The first kappa shape index (κ1) is 18.7. The summed E-state index contributed by atoms with van der Waals surface area (Å²) in [5, 5.41) is 6.04. The summed E-state index contributed by atoms with van der Waals surface area (Å²) < 4.78 is 15.7. The number of halogens is 1. The van der Waals surface area contributed by atoms with E-state index in [0.717, 1.165) is 5.56 Å². The fraction of sp³-hybridized carbons (Fsp3) is 0.278. The molecule has 6 nitrogen and oxygen atoms in total. The van der Waals surface area contributed by atoms with Crippen molar-refractivity contribution in [1.29, 1.82) is 0 Å². The van der Waals surface area contributed by atoms with Gasteiger partial charge in [-0.1, -0.05) is 17.7 Å². The number of methoxy groups -OCH3 is 3. The van der Waals surface area contributed by atoms with Gasteiger partial charge in [-0.15, -0.1) is 0 Å². The first-order valence-corrected chi connectivity index (χ1v) is 8.04. The molecule has 2 aromatic rings. The van der Waals surface area contributed by atoms with Crippen molar-refractivity contribution in [3.63, 3.8) is 0 Å². The molecule has 0 aromatic heterocycles. The normalized spacial score (nSPS) is 10.1. The van der Waals surface area contributed by atoms with Gasteiger partial charge in [-0.2, -0.15) is 0 Å². The Balaban J connectivity index is 1.90. The van der Waals surface area contributed by atoms with Gasteiger partial charge >= 0.3 is 6.03 Å². The fourth-order valence-electron chi connectivity index (χ4n) is 2.30. The van der Waals surface area contributed by atoms with Crippen LogP contribution in [-0.2, 0) is 6.42 Å². The van der Waals surface area contributed by atoms with Crippen LogP contribution in [0.5, 0.6) is 17.2 Å². The maximum absolute atomic E-state index is 12.0. The number of carbonyl (C=O) groups is 1. The zero-order chi connectivity index (χ0) is 18.2. The molecular weight excluding hydrogens is 344 g/mol. The van der Waals surface area contributed by atoms with Crippen molar-refractivity contribution >= 4 is 23.3 Å². The lowest BCUT2D eigenvalue weighted by atomic mass is 10.1. The van der Waals surface area contributed by atoms with Gasteiger partial charge in [-0.3, -0.25) is 0 Å². The molecule has 0 unspecified atom stereocenters. The standard InChI is InChI=1S/C18H21ClN2O4/c1-23-15-7-5-13(19)11-14(15)21-18(22)20-9-8-12-4-6-16(24-2)17(10-12)25-3/h4-7,10-11H,8-9H2,1-3H3,(H2,20,21,22). The van der Waals surface area contributed by atoms with E-state index in [1.807, 2.05) is 18.2 Å². The summed E-state index contributed by atoms with van der Waals surface area (Å²) in [5.41, 5.74) is 1.54. The minimum Gasteiger partial charge on any atom is -0.495 e. The van der Waals surface area contributed by atoms with Crippen LogP contribution in [0.2, 0.25) is 5.02 Å². The Labute approximate surface area is 152 Å². The van der Waals surface area contributed by atoms with Gasteiger partial charge in [0, 0.05) is 11.6 Å². The molecule has 0 atom stereocenters.